The average Bonchev–Trinajstić information content (AvgIpc) is 2.46. The molecule has 2 N–H and O–H groups in total. The van der Waals surface area contributed by atoms with E-state index in [2.05, 4.69) is 0 Å². The molecule has 0 spiro atoms. The highest BCUT2D eigenvalue weighted by Gasteiger charge is 2.20. The van der Waals surface area contributed by atoms with Crippen LogP contribution in [-0.2, 0) is 9.53 Å². The Kier molecular flexibility index (Phi) is 6.52. The normalized spacial score (nSPS) is 13.2. The lowest BCUT2D eigenvalue weighted by Crippen LogP contribution is -2.27. The third-order valence-electron chi connectivity index (χ3n) is 3.21. The molecule has 2 atom stereocenters. The molecule has 0 amide bonds. The Bertz CT molecular complexity index is 551. The van der Waals surface area contributed by atoms with Crippen LogP contribution in [0.3, 0.4) is 0 Å². The molecule has 7 nitrogen and oxygen atoms in total. The van der Waals surface area contributed by atoms with E-state index in [0.717, 1.165) is 0 Å². The van der Waals surface area contributed by atoms with Gasteiger partial charge in [-0.15, -0.1) is 0 Å². The van der Waals surface area contributed by atoms with Crippen molar-refractivity contribution in [1.29, 1.82) is 0 Å². The van der Waals surface area contributed by atoms with Gasteiger partial charge in [0.05, 0.1) is 24.2 Å². The Morgan fingerprint density at radius 3 is 2.32 bits per heavy atom. The molecule has 2 unspecified atom stereocenters. The molecule has 1 aromatic rings. The van der Waals surface area contributed by atoms with Gasteiger partial charge in [0, 0.05) is 17.9 Å². The van der Waals surface area contributed by atoms with Crippen LogP contribution in [0.5, 0.6) is 0 Å². The van der Waals surface area contributed by atoms with Gasteiger partial charge in [-0.05, 0) is 19.4 Å². The molecule has 0 aromatic heterocycles. The second kappa shape index (κ2) is 8.14. The summed E-state index contributed by atoms with van der Waals surface area (Å²) in [5.41, 5.74) is -0.434. The minimum atomic E-state index is -1.49. The topological polar surface area (TPSA) is 124 Å². The highest BCUT2D eigenvalue weighted by molar-refractivity contribution is 6.01. The first-order valence-electron chi connectivity index (χ1n) is 6.70. The molecule has 0 heterocycles. The van der Waals surface area contributed by atoms with Crippen LogP contribution in [0.1, 0.15) is 40.5 Å². The fourth-order valence-corrected chi connectivity index (χ4v) is 1.87. The number of hydrogen-bond acceptors (Lipinski definition) is 6. The number of carboxylic acids is 2. The monoisotopic (exact) mass is 309 g/mol. The number of ether oxygens (including phenoxy) is 1. The zero-order valence-corrected chi connectivity index (χ0v) is 12.0. The van der Waals surface area contributed by atoms with Crippen LogP contribution in [0, 0.1) is 5.92 Å². The lowest BCUT2D eigenvalue weighted by molar-refractivity contribution is -0.255. The maximum atomic E-state index is 11.9. The molecule has 120 valence electrons. The van der Waals surface area contributed by atoms with E-state index in [4.69, 9.17) is 9.84 Å². The van der Waals surface area contributed by atoms with Gasteiger partial charge in [-0.3, -0.25) is 4.79 Å². The Hall–Kier alpha value is -2.41. The average molecular weight is 309 g/mol. The maximum absolute atomic E-state index is 11.9. The van der Waals surface area contributed by atoms with Crippen molar-refractivity contribution in [3.63, 3.8) is 0 Å². The first-order valence-corrected chi connectivity index (χ1v) is 6.70. The lowest BCUT2D eigenvalue weighted by atomic mass is 9.99. The van der Waals surface area contributed by atoms with Crippen molar-refractivity contribution >= 4 is 17.9 Å². The molecule has 0 saturated heterocycles. The Labute approximate surface area is 127 Å². The van der Waals surface area contributed by atoms with Crippen LogP contribution >= 0.6 is 0 Å². The van der Waals surface area contributed by atoms with Crippen molar-refractivity contribution in [2.24, 2.45) is 5.92 Å². The Morgan fingerprint density at radius 1 is 1.23 bits per heavy atom. The third kappa shape index (κ3) is 5.17. The number of aliphatic hydroxyl groups excluding tert-OH is 1. The fraction of sp³-hybridized carbons (Fsp3) is 0.400. The summed E-state index contributed by atoms with van der Waals surface area (Å²) in [4.78, 5) is 33.4. The molecule has 0 aliphatic heterocycles. The minimum Gasteiger partial charge on any atom is -0.545 e. The van der Waals surface area contributed by atoms with E-state index in [-0.39, 0.29) is 30.6 Å². The minimum absolute atomic E-state index is 0.141. The molecule has 0 aliphatic rings. The zero-order chi connectivity index (χ0) is 16.7. The molecule has 0 aliphatic carbocycles. The van der Waals surface area contributed by atoms with Crippen LogP contribution in [-0.4, -0.2) is 40.8 Å². The highest BCUT2D eigenvalue weighted by Crippen LogP contribution is 2.15. The molecule has 7 heteroatoms. The predicted octanol–water partition coefficient (Wildman–Crippen LogP) is 0.0687. The van der Waals surface area contributed by atoms with Gasteiger partial charge in [0.15, 0.2) is 0 Å². The number of aliphatic hydroxyl groups is 1. The van der Waals surface area contributed by atoms with Crippen molar-refractivity contribution in [2.45, 2.75) is 25.9 Å². The molecular formula is C15H17O7-. The van der Waals surface area contributed by atoms with E-state index in [9.17, 15) is 24.6 Å². The summed E-state index contributed by atoms with van der Waals surface area (Å²) >= 11 is 0. The number of rotatable bonds is 8. The smallest absolute Gasteiger partial charge is 0.338 e. The Balaban J connectivity index is 2.71. The molecule has 22 heavy (non-hydrogen) atoms. The van der Waals surface area contributed by atoms with E-state index >= 15 is 0 Å². The highest BCUT2D eigenvalue weighted by atomic mass is 16.5. The number of hydrogen-bond donors (Lipinski definition) is 2. The van der Waals surface area contributed by atoms with E-state index in [1.54, 1.807) is 0 Å². The van der Waals surface area contributed by atoms with Gasteiger partial charge >= 0.3 is 11.9 Å². The maximum Gasteiger partial charge on any atom is 0.338 e. The van der Waals surface area contributed by atoms with Gasteiger partial charge in [-0.1, -0.05) is 18.2 Å². The summed E-state index contributed by atoms with van der Waals surface area (Å²) in [5, 5.41) is 29.1. The van der Waals surface area contributed by atoms with Gasteiger partial charge < -0.3 is 24.9 Å². The predicted molar refractivity (Wildman–Crippen MR) is 73.1 cm³/mol. The zero-order valence-electron chi connectivity index (χ0n) is 12.0. The number of aromatic carboxylic acids is 1. The van der Waals surface area contributed by atoms with Crippen LogP contribution < -0.4 is 5.11 Å². The summed E-state index contributed by atoms with van der Waals surface area (Å²) in [7, 11) is 0. The van der Waals surface area contributed by atoms with Crippen molar-refractivity contribution < 1.29 is 34.4 Å². The molecule has 0 radical (unpaired) electrons. The molecular weight excluding hydrogens is 292 g/mol. The van der Waals surface area contributed by atoms with E-state index < -0.39 is 29.9 Å². The summed E-state index contributed by atoms with van der Waals surface area (Å²) < 4.78 is 4.99. The van der Waals surface area contributed by atoms with Crippen molar-refractivity contribution in [2.75, 3.05) is 6.61 Å². The summed E-state index contributed by atoms with van der Waals surface area (Å²) in [6.45, 7) is 1.26. The fourth-order valence-electron chi connectivity index (χ4n) is 1.87. The lowest BCUT2D eigenvalue weighted by Gasteiger charge is -2.19. The van der Waals surface area contributed by atoms with Crippen LogP contribution in [0.4, 0.5) is 0 Å². The SMILES string of the molecule is CC(O)C(CCC(=O)O)COC(=O)c1ccccc1C(=O)[O-]. The van der Waals surface area contributed by atoms with Crippen LogP contribution in [0.2, 0.25) is 0 Å². The van der Waals surface area contributed by atoms with Crippen molar-refractivity contribution in [3.8, 4) is 0 Å². The molecule has 0 fully saturated rings. The molecule has 0 bridgehead atoms. The van der Waals surface area contributed by atoms with Gasteiger partial charge in [0.1, 0.15) is 0 Å². The Morgan fingerprint density at radius 2 is 1.82 bits per heavy atom. The summed E-state index contributed by atoms with van der Waals surface area (Å²) in [6.07, 6.45) is -0.880. The molecule has 0 saturated carbocycles. The number of carbonyl (C=O) groups is 3. The molecule has 1 aromatic carbocycles. The van der Waals surface area contributed by atoms with E-state index in [1.807, 2.05) is 0 Å². The standard InChI is InChI=1S/C15H18O7/c1-9(16)10(6-7-13(17)18)8-22-15(21)12-5-3-2-4-11(12)14(19)20/h2-5,9-10,16H,6-8H2,1H3,(H,17,18)(H,19,20)/p-1. The van der Waals surface area contributed by atoms with E-state index in [1.165, 1.54) is 31.2 Å². The van der Waals surface area contributed by atoms with E-state index in [0.29, 0.717) is 0 Å². The number of benzene rings is 1. The van der Waals surface area contributed by atoms with Crippen molar-refractivity contribution in [1.82, 2.24) is 0 Å². The van der Waals surface area contributed by atoms with Crippen LogP contribution in [0.25, 0.3) is 0 Å². The second-order valence-electron chi connectivity index (χ2n) is 4.86. The number of carbonyl (C=O) groups excluding carboxylic acids is 2. The summed E-state index contributed by atoms with van der Waals surface area (Å²) in [5.74, 6) is -3.92. The largest absolute Gasteiger partial charge is 0.545 e. The van der Waals surface area contributed by atoms with Gasteiger partial charge in [-0.25, -0.2) is 4.79 Å². The third-order valence-corrected chi connectivity index (χ3v) is 3.21. The molecule has 1 rings (SSSR count). The second-order valence-corrected chi connectivity index (χ2v) is 4.86. The van der Waals surface area contributed by atoms with Gasteiger partial charge in [-0.2, -0.15) is 0 Å². The first-order chi connectivity index (χ1) is 10.3. The quantitative estimate of drug-likeness (QED) is 0.651. The number of carboxylic acid groups (broad SMARTS) is 2. The van der Waals surface area contributed by atoms with Crippen molar-refractivity contribution in [3.05, 3.63) is 35.4 Å². The number of esters is 1. The summed E-state index contributed by atoms with van der Waals surface area (Å²) in [6, 6.07) is 5.46. The number of aliphatic carboxylic acids is 1. The van der Waals surface area contributed by atoms with Crippen LogP contribution in [0.15, 0.2) is 24.3 Å². The first kappa shape index (κ1) is 17.6. The van der Waals surface area contributed by atoms with Gasteiger partial charge in [0.2, 0.25) is 0 Å². The van der Waals surface area contributed by atoms with Gasteiger partial charge in [0.25, 0.3) is 0 Å².